The first-order chi connectivity index (χ1) is 10.7. The normalized spacial score (nSPS) is 10.4. The summed E-state index contributed by atoms with van der Waals surface area (Å²) in [5.41, 5.74) is 3.20. The highest BCUT2D eigenvalue weighted by Crippen LogP contribution is 2.35. The number of aromatic nitrogens is 3. The van der Waals surface area contributed by atoms with Crippen molar-refractivity contribution in [3.63, 3.8) is 0 Å². The minimum absolute atomic E-state index is 0.0144. The van der Waals surface area contributed by atoms with Gasteiger partial charge in [0.15, 0.2) is 0 Å². The summed E-state index contributed by atoms with van der Waals surface area (Å²) in [6.45, 7) is 1.74. The Labute approximate surface area is 126 Å². The molecule has 6 heteroatoms. The van der Waals surface area contributed by atoms with Crippen molar-refractivity contribution >= 4 is 5.69 Å². The van der Waals surface area contributed by atoms with Crippen LogP contribution in [-0.4, -0.2) is 19.9 Å². The van der Waals surface area contributed by atoms with Crippen molar-refractivity contribution in [2.75, 3.05) is 0 Å². The molecule has 0 atom stereocenters. The summed E-state index contributed by atoms with van der Waals surface area (Å²) in [4.78, 5) is 23.4. The van der Waals surface area contributed by atoms with Gasteiger partial charge in [-0.1, -0.05) is 0 Å². The maximum atomic E-state index is 11.5. The van der Waals surface area contributed by atoms with E-state index < -0.39 is 0 Å². The second-order valence-electron chi connectivity index (χ2n) is 4.72. The second kappa shape index (κ2) is 5.69. The first kappa shape index (κ1) is 13.8. The summed E-state index contributed by atoms with van der Waals surface area (Å²) in [6.07, 6.45) is 8.14. The van der Waals surface area contributed by atoms with Crippen LogP contribution in [-0.2, 0) is 0 Å². The van der Waals surface area contributed by atoms with E-state index >= 15 is 0 Å². The van der Waals surface area contributed by atoms with Gasteiger partial charge >= 0.3 is 0 Å². The van der Waals surface area contributed by atoms with Crippen molar-refractivity contribution in [2.24, 2.45) is 0 Å². The molecule has 0 amide bonds. The summed E-state index contributed by atoms with van der Waals surface area (Å²) in [6, 6.07) is 7.03. The van der Waals surface area contributed by atoms with E-state index in [9.17, 15) is 10.1 Å². The molecule has 0 aromatic carbocycles. The Hall–Kier alpha value is -3.15. The van der Waals surface area contributed by atoms with Gasteiger partial charge in [-0.05, 0) is 36.8 Å². The Morgan fingerprint density at radius 3 is 2.05 bits per heavy atom. The predicted molar refractivity (Wildman–Crippen MR) is 82.1 cm³/mol. The fourth-order valence-corrected chi connectivity index (χ4v) is 2.36. The molecule has 0 bridgehead atoms. The van der Waals surface area contributed by atoms with Crippen molar-refractivity contribution in [3.8, 4) is 22.4 Å². The summed E-state index contributed by atoms with van der Waals surface area (Å²) in [5.74, 6) is 0. The number of rotatable bonds is 3. The van der Waals surface area contributed by atoms with Gasteiger partial charge in [0.25, 0.3) is 5.69 Å². The molecule has 108 valence electrons. The Balaban J connectivity index is 2.24. The van der Waals surface area contributed by atoms with Gasteiger partial charge in [-0.2, -0.15) is 0 Å². The first-order valence-corrected chi connectivity index (χ1v) is 6.63. The minimum Gasteiger partial charge on any atom is -0.265 e. The zero-order valence-corrected chi connectivity index (χ0v) is 11.8. The lowest BCUT2D eigenvalue weighted by atomic mass is 9.99. The van der Waals surface area contributed by atoms with Crippen molar-refractivity contribution in [2.45, 2.75) is 6.92 Å². The molecule has 0 unspecified atom stereocenters. The predicted octanol–water partition coefficient (Wildman–Crippen LogP) is 3.42. The Morgan fingerprint density at radius 2 is 1.50 bits per heavy atom. The molecule has 3 heterocycles. The number of hydrogen-bond donors (Lipinski definition) is 0. The van der Waals surface area contributed by atoms with Crippen LogP contribution in [0.4, 0.5) is 5.69 Å². The third-order valence-corrected chi connectivity index (χ3v) is 3.43. The van der Waals surface area contributed by atoms with Crippen molar-refractivity contribution in [1.29, 1.82) is 0 Å². The Morgan fingerprint density at radius 1 is 0.955 bits per heavy atom. The standard InChI is InChI=1S/C16H12N4O2/c1-11-14(12-2-6-17-7-3-12)10-19-15(16(11)20(21)22)13-4-8-18-9-5-13/h2-10H,1H3. The number of pyridine rings is 3. The Kier molecular flexibility index (Phi) is 3.57. The molecule has 3 rings (SSSR count). The quantitative estimate of drug-likeness (QED) is 0.545. The highest BCUT2D eigenvalue weighted by Gasteiger charge is 2.23. The molecule has 0 aliphatic carbocycles. The first-order valence-electron chi connectivity index (χ1n) is 6.63. The maximum absolute atomic E-state index is 11.5. The van der Waals surface area contributed by atoms with Crippen LogP contribution in [0.5, 0.6) is 0 Å². The summed E-state index contributed by atoms with van der Waals surface area (Å²) in [5, 5.41) is 11.5. The van der Waals surface area contributed by atoms with Crippen LogP contribution in [0.3, 0.4) is 0 Å². The van der Waals surface area contributed by atoms with E-state index in [2.05, 4.69) is 15.0 Å². The zero-order valence-electron chi connectivity index (χ0n) is 11.8. The van der Waals surface area contributed by atoms with Gasteiger partial charge in [0.05, 0.1) is 4.92 Å². The maximum Gasteiger partial charge on any atom is 0.298 e. The summed E-state index contributed by atoms with van der Waals surface area (Å²) >= 11 is 0. The van der Waals surface area contributed by atoms with Crippen LogP contribution in [0.1, 0.15) is 5.56 Å². The molecule has 6 nitrogen and oxygen atoms in total. The third-order valence-electron chi connectivity index (χ3n) is 3.43. The van der Waals surface area contributed by atoms with Crippen LogP contribution in [0.15, 0.2) is 55.2 Å². The molecular formula is C16H12N4O2. The largest absolute Gasteiger partial charge is 0.298 e. The van der Waals surface area contributed by atoms with E-state index in [1.807, 2.05) is 0 Å². The lowest BCUT2D eigenvalue weighted by Crippen LogP contribution is -2.00. The SMILES string of the molecule is Cc1c(-c2ccncc2)cnc(-c2ccncc2)c1[N+](=O)[O-]. The average molecular weight is 292 g/mol. The molecular weight excluding hydrogens is 280 g/mol. The van der Waals surface area contributed by atoms with Crippen LogP contribution >= 0.6 is 0 Å². The van der Waals surface area contributed by atoms with Gasteiger partial charge in [0.1, 0.15) is 5.69 Å². The van der Waals surface area contributed by atoms with Crippen LogP contribution in [0.25, 0.3) is 22.4 Å². The monoisotopic (exact) mass is 292 g/mol. The lowest BCUT2D eigenvalue weighted by Gasteiger charge is -2.09. The molecule has 0 radical (unpaired) electrons. The molecule has 0 spiro atoms. The fraction of sp³-hybridized carbons (Fsp3) is 0.0625. The summed E-state index contributed by atoms with van der Waals surface area (Å²) < 4.78 is 0. The number of hydrogen-bond acceptors (Lipinski definition) is 5. The third kappa shape index (κ3) is 2.42. The van der Waals surface area contributed by atoms with Crippen molar-refractivity contribution < 1.29 is 4.92 Å². The fourth-order valence-electron chi connectivity index (χ4n) is 2.36. The molecule has 3 aromatic rings. The van der Waals surface area contributed by atoms with E-state index in [1.165, 1.54) is 0 Å². The van der Waals surface area contributed by atoms with Crippen LogP contribution in [0.2, 0.25) is 0 Å². The number of nitrogens with zero attached hydrogens (tertiary/aromatic N) is 4. The van der Waals surface area contributed by atoms with Gasteiger partial charge in [-0.15, -0.1) is 0 Å². The average Bonchev–Trinajstić information content (AvgIpc) is 2.55. The molecule has 0 aliphatic rings. The number of nitro groups is 1. The summed E-state index contributed by atoms with van der Waals surface area (Å²) in [7, 11) is 0. The molecule has 0 fully saturated rings. The molecule has 0 aliphatic heterocycles. The molecule has 22 heavy (non-hydrogen) atoms. The van der Waals surface area contributed by atoms with E-state index in [0.29, 0.717) is 16.8 Å². The Bertz CT molecular complexity index is 820. The molecule has 3 aromatic heterocycles. The van der Waals surface area contributed by atoms with Crippen molar-refractivity contribution in [1.82, 2.24) is 15.0 Å². The highest BCUT2D eigenvalue weighted by molar-refractivity contribution is 5.78. The van der Waals surface area contributed by atoms with E-state index in [0.717, 1.165) is 11.1 Å². The topological polar surface area (TPSA) is 81.8 Å². The van der Waals surface area contributed by atoms with Crippen molar-refractivity contribution in [3.05, 3.63) is 70.9 Å². The molecule has 0 N–H and O–H groups in total. The van der Waals surface area contributed by atoms with Gasteiger partial charge in [0.2, 0.25) is 0 Å². The second-order valence-corrected chi connectivity index (χ2v) is 4.72. The van der Waals surface area contributed by atoms with Gasteiger partial charge in [0, 0.05) is 47.7 Å². The highest BCUT2D eigenvalue weighted by atomic mass is 16.6. The minimum atomic E-state index is -0.386. The van der Waals surface area contributed by atoms with Gasteiger partial charge in [-0.3, -0.25) is 20.1 Å². The van der Waals surface area contributed by atoms with E-state index in [4.69, 9.17) is 0 Å². The van der Waals surface area contributed by atoms with E-state index in [1.54, 1.807) is 62.2 Å². The van der Waals surface area contributed by atoms with Gasteiger partial charge < -0.3 is 0 Å². The van der Waals surface area contributed by atoms with Crippen LogP contribution in [0, 0.1) is 17.0 Å². The molecule has 0 saturated carbocycles. The van der Waals surface area contributed by atoms with E-state index in [-0.39, 0.29) is 10.6 Å². The lowest BCUT2D eigenvalue weighted by molar-refractivity contribution is -0.384. The van der Waals surface area contributed by atoms with Gasteiger partial charge in [-0.25, -0.2) is 4.98 Å². The van der Waals surface area contributed by atoms with Crippen LogP contribution < -0.4 is 0 Å². The smallest absolute Gasteiger partial charge is 0.265 e. The molecule has 0 saturated heterocycles. The zero-order chi connectivity index (χ0) is 15.5.